The molecule has 7 nitrogen and oxygen atoms in total. The molecule has 8 rings (SSSR count). The summed E-state index contributed by atoms with van der Waals surface area (Å²) in [6.07, 6.45) is 0. The third kappa shape index (κ3) is 4.11. The average Bonchev–Trinajstić information content (AvgIpc) is 3.77. The zero-order chi connectivity index (χ0) is 27.3. The highest BCUT2D eigenvalue weighted by molar-refractivity contribution is 5.89. The largest absolute Gasteiger partial charge is 0.497 e. The van der Waals surface area contributed by atoms with Crippen LogP contribution < -0.4 is 4.74 Å². The van der Waals surface area contributed by atoms with Crippen LogP contribution in [0.25, 0.3) is 78.4 Å². The van der Waals surface area contributed by atoms with Crippen LogP contribution in [0.1, 0.15) is 0 Å². The van der Waals surface area contributed by atoms with Gasteiger partial charge in [0.1, 0.15) is 23.2 Å². The predicted octanol–water partition coefficient (Wildman–Crippen LogP) is 7.99. The van der Waals surface area contributed by atoms with Crippen molar-refractivity contribution >= 4 is 33.1 Å². The van der Waals surface area contributed by atoms with Crippen LogP contribution in [0.2, 0.25) is 0 Å². The van der Waals surface area contributed by atoms with Crippen LogP contribution in [-0.2, 0) is 0 Å². The first-order valence-electron chi connectivity index (χ1n) is 13.4. The van der Waals surface area contributed by atoms with E-state index in [0.717, 1.165) is 78.6 Å². The van der Waals surface area contributed by atoms with Crippen molar-refractivity contribution in [3.05, 3.63) is 109 Å². The normalized spacial score (nSPS) is 11.5. The first-order chi connectivity index (χ1) is 20.2. The van der Waals surface area contributed by atoms with Crippen LogP contribution >= 0.6 is 0 Å². The molecule has 5 aromatic carbocycles. The smallest absolute Gasteiger partial charge is 0.138 e. The number of aromatic amines is 3. The molecular weight excluding hydrogens is 508 g/mol. The molecule has 0 amide bonds. The number of hydrogen-bond donors (Lipinski definition) is 3. The molecule has 0 spiro atoms. The molecule has 0 aliphatic carbocycles. The topological polar surface area (TPSA) is 95.3 Å². The first kappa shape index (κ1) is 23.2. The van der Waals surface area contributed by atoms with Crippen molar-refractivity contribution in [2.24, 2.45) is 0 Å². The van der Waals surface area contributed by atoms with E-state index in [-0.39, 0.29) is 0 Å². The van der Waals surface area contributed by atoms with Crippen molar-refractivity contribution in [2.75, 3.05) is 7.11 Å². The summed E-state index contributed by atoms with van der Waals surface area (Å²) in [5, 5.41) is 0. The lowest BCUT2D eigenvalue weighted by Crippen LogP contribution is -1.83. The van der Waals surface area contributed by atoms with E-state index < -0.39 is 0 Å². The van der Waals surface area contributed by atoms with Gasteiger partial charge in [-0.25, -0.2) is 15.0 Å². The van der Waals surface area contributed by atoms with E-state index >= 15 is 0 Å². The molecule has 41 heavy (non-hydrogen) atoms. The van der Waals surface area contributed by atoms with Gasteiger partial charge in [-0.05, 0) is 83.9 Å². The molecule has 0 bridgehead atoms. The summed E-state index contributed by atoms with van der Waals surface area (Å²) in [4.78, 5) is 24.9. The Bertz CT molecular complexity index is 2190. The van der Waals surface area contributed by atoms with Crippen molar-refractivity contribution in [1.29, 1.82) is 0 Å². The number of imidazole rings is 3. The van der Waals surface area contributed by atoms with E-state index in [1.165, 1.54) is 5.56 Å². The van der Waals surface area contributed by atoms with Gasteiger partial charge in [-0.3, -0.25) is 0 Å². The number of hydrogen-bond acceptors (Lipinski definition) is 4. The van der Waals surface area contributed by atoms with Crippen LogP contribution in [0.15, 0.2) is 109 Å². The Hall–Kier alpha value is -5.69. The summed E-state index contributed by atoms with van der Waals surface area (Å²) in [7, 11) is 1.66. The summed E-state index contributed by atoms with van der Waals surface area (Å²) >= 11 is 0. The highest BCUT2D eigenvalue weighted by atomic mass is 16.5. The minimum Gasteiger partial charge on any atom is -0.497 e. The molecule has 7 heteroatoms. The van der Waals surface area contributed by atoms with Crippen LogP contribution in [0.4, 0.5) is 0 Å². The fourth-order valence-electron chi connectivity index (χ4n) is 5.29. The Morgan fingerprint density at radius 3 is 1.61 bits per heavy atom. The fraction of sp³-hybridized carbons (Fsp3) is 0.0294. The van der Waals surface area contributed by atoms with E-state index in [0.29, 0.717) is 0 Å². The number of fused-ring (bicyclic) bond motifs is 3. The van der Waals surface area contributed by atoms with Crippen molar-refractivity contribution in [1.82, 2.24) is 29.9 Å². The number of benzene rings is 5. The molecule has 3 aromatic heterocycles. The lowest BCUT2D eigenvalue weighted by atomic mass is 10.1. The molecule has 0 aliphatic rings. The first-order valence-corrected chi connectivity index (χ1v) is 13.4. The van der Waals surface area contributed by atoms with Crippen molar-refractivity contribution in [3.63, 3.8) is 0 Å². The third-order valence-corrected chi connectivity index (χ3v) is 7.46. The van der Waals surface area contributed by atoms with E-state index in [1.54, 1.807) is 7.11 Å². The van der Waals surface area contributed by atoms with Crippen LogP contribution in [-0.4, -0.2) is 37.0 Å². The number of H-pyrrole nitrogens is 3. The second kappa shape index (κ2) is 9.20. The lowest BCUT2D eigenvalue weighted by Gasteiger charge is -2.00. The second-order valence-electron chi connectivity index (χ2n) is 10.0. The van der Waals surface area contributed by atoms with Gasteiger partial charge >= 0.3 is 0 Å². The monoisotopic (exact) mass is 532 g/mol. The molecule has 0 unspecified atom stereocenters. The zero-order valence-electron chi connectivity index (χ0n) is 22.1. The van der Waals surface area contributed by atoms with Crippen LogP contribution in [0.3, 0.4) is 0 Å². The Balaban J connectivity index is 1.11. The molecule has 8 aromatic rings. The number of aromatic nitrogens is 6. The minimum absolute atomic E-state index is 0.803. The van der Waals surface area contributed by atoms with Gasteiger partial charge in [0.2, 0.25) is 0 Å². The summed E-state index contributed by atoms with van der Waals surface area (Å²) in [6, 6.07) is 36.9. The highest BCUT2D eigenvalue weighted by Gasteiger charge is 2.12. The molecule has 0 radical (unpaired) electrons. The van der Waals surface area contributed by atoms with Gasteiger partial charge in [0.15, 0.2) is 0 Å². The van der Waals surface area contributed by atoms with E-state index in [4.69, 9.17) is 19.7 Å². The molecule has 196 valence electrons. The number of nitrogens with zero attached hydrogens (tertiary/aromatic N) is 3. The fourth-order valence-corrected chi connectivity index (χ4v) is 5.29. The maximum atomic E-state index is 5.27. The Morgan fingerprint density at radius 1 is 0.439 bits per heavy atom. The van der Waals surface area contributed by atoms with Gasteiger partial charge < -0.3 is 19.7 Å². The Morgan fingerprint density at radius 2 is 0.976 bits per heavy atom. The van der Waals surface area contributed by atoms with Gasteiger partial charge in [-0.2, -0.15) is 0 Å². The summed E-state index contributed by atoms with van der Waals surface area (Å²) in [6.45, 7) is 0. The molecule has 0 atom stereocenters. The van der Waals surface area contributed by atoms with Crippen LogP contribution in [0.5, 0.6) is 5.75 Å². The summed E-state index contributed by atoms with van der Waals surface area (Å²) < 4.78 is 5.27. The summed E-state index contributed by atoms with van der Waals surface area (Å²) in [5.41, 5.74) is 11.0. The quantitative estimate of drug-likeness (QED) is 0.209. The molecule has 3 heterocycles. The standard InChI is InChI=1S/C34H24N6O/c1-41-25-12-7-21(8-13-25)32-35-27-15-10-23(18-30(27)38-32)34-37-28-16-11-24(19-31(28)40-34)33-36-26-14-9-22(17-29(26)39-33)20-5-3-2-4-6-20/h2-19H,1H3,(H,35,38)(H,36,39)(H,37,40). The average molecular weight is 533 g/mol. The van der Waals surface area contributed by atoms with Crippen molar-refractivity contribution < 1.29 is 4.74 Å². The maximum Gasteiger partial charge on any atom is 0.138 e. The van der Waals surface area contributed by atoms with Gasteiger partial charge in [0.25, 0.3) is 0 Å². The Labute approximate surface area is 234 Å². The summed E-state index contributed by atoms with van der Waals surface area (Å²) in [5.74, 6) is 3.26. The molecule has 0 fully saturated rings. The number of methoxy groups -OCH3 is 1. The SMILES string of the molecule is COc1ccc(-c2nc3ccc(-c4nc5ccc(-c6nc7cc(-c8ccccc8)ccc7[nH]6)cc5[nH]4)cc3[nH]2)cc1. The van der Waals surface area contributed by atoms with Crippen molar-refractivity contribution in [3.8, 4) is 51.0 Å². The molecular formula is C34H24N6O. The minimum atomic E-state index is 0.803. The van der Waals surface area contributed by atoms with Crippen LogP contribution in [0, 0.1) is 0 Å². The van der Waals surface area contributed by atoms with E-state index in [9.17, 15) is 0 Å². The van der Waals surface area contributed by atoms with Gasteiger partial charge in [0.05, 0.1) is 40.2 Å². The third-order valence-electron chi connectivity index (χ3n) is 7.46. The van der Waals surface area contributed by atoms with E-state index in [1.807, 2.05) is 48.5 Å². The molecule has 0 saturated heterocycles. The van der Waals surface area contributed by atoms with Gasteiger partial charge in [-0.15, -0.1) is 0 Å². The second-order valence-corrected chi connectivity index (χ2v) is 10.0. The van der Waals surface area contributed by atoms with Gasteiger partial charge in [0, 0.05) is 16.7 Å². The van der Waals surface area contributed by atoms with Gasteiger partial charge in [-0.1, -0.05) is 36.4 Å². The van der Waals surface area contributed by atoms with E-state index in [2.05, 4.69) is 75.6 Å². The lowest BCUT2D eigenvalue weighted by molar-refractivity contribution is 0.415. The maximum absolute atomic E-state index is 5.27. The molecule has 0 saturated carbocycles. The number of ether oxygens (including phenoxy) is 1. The number of rotatable bonds is 5. The molecule has 0 aliphatic heterocycles. The predicted molar refractivity (Wildman–Crippen MR) is 164 cm³/mol. The highest BCUT2D eigenvalue weighted by Crippen LogP contribution is 2.30. The molecule has 3 N–H and O–H groups in total. The Kier molecular flexibility index (Phi) is 5.21. The number of nitrogens with one attached hydrogen (secondary N) is 3. The zero-order valence-corrected chi connectivity index (χ0v) is 22.1. The van der Waals surface area contributed by atoms with Crippen molar-refractivity contribution in [2.45, 2.75) is 0 Å².